The lowest BCUT2D eigenvalue weighted by Gasteiger charge is -2.18. The molecule has 1 aromatic heterocycles. The third-order valence-electron chi connectivity index (χ3n) is 5.15. The fraction of sp³-hybridized carbons (Fsp3) is 0.250. The van der Waals surface area contributed by atoms with Crippen LogP contribution in [0.25, 0.3) is 10.9 Å². The Morgan fingerprint density at radius 1 is 1.00 bits per heavy atom. The Bertz CT molecular complexity index is 1210. The summed E-state index contributed by atoms with van der Waals surface area (Å²) in [6.45, 7) is 0.251. The van der Waals surface area contributed by atoms with Crippen molar-refractivity contribution in [1.29, 1.82) is 0 Å². The van der Waals surface area contributed by atoms with Crippen LogP contribution in [0.15, 0.2) is 65.7 Å². The second-order valence-corrected chi connectivity index (χ2v) is 7.78. The number of nitrogens with zero attached hydrogens (tertiary/aromatic N) is 2. The minimum Gasteiger partial charge on any atom is -0.370 e. The first-order valence-corrected chi connectivity index (χ1v) is 10.8. The van der Waals surface area contributed by atoms with Gasteiger partial charge in [0.2, 0.25) is 5.91 Å². The van der Waals surface area contributed by atoms with E-state index < -0.39 is 29.6 Å². The molecule has 0 aliphatic carbocycles. The molecule has 0 bridgehead atoms. The number of aromatic nitrogens is 1. The van der Waals surface area contributed by atoms with Crippen molar-refractivity contribution in [1.82, 2.24) is 15.6 Å². The molecule has 8 nitrogen and oxygen atoms in total. The molecule has 0 aliphatic heterocycles. The lowest BCUT2D eigenvalue weighted by molar-refractivity contribution is -0.137. The van der Waals surface area contributed by atoms with Crippen LogP contribution >= 0.6 is 0 Å². The minimum absolute atomic E-state index is 0.00847. The smallest absolute Gasteiger partial charge is 0.370 e. The largest absolute Gasteiger partial charge is 0.416 e. The van der Waals surface area contributed by atoms with Gasteiger partial charge in [-0.15, -0.1) is 0 Å². The number of halogens is 3. The molecule has 3 rings (SSSR count). The van der Waals surface area contributed by atoms with Gasteiger partial charge >= 0.3 is 6.18 Å². The average Bonchev–Trinajstić information content (AvgIpc) is 2.83. The quantitative estimate of drug-likeness (QED) is 0.210. The number of hydrogen-bond acceptors (Lipinski definition) is 4. The molecule has 3 aromatic rings. The van der Waals surface area contributed by atoms with Crippen LogP contribution in [0.3, 0.4) is 0 Å². The van der Waals surface area contributed by atoms with Gasteiger partial charge in [-0.2, -0.15) is 13.2 Å². The first kappa shape index (κ1) is 25.5. The lowest BCUT2D eigenvalue weighted by atomic mass is 10.1. The molecule has 0 saturated carbocycles. The average molecular weight is 486 g/mol. The fourth-order valence-electron chi connectivity index (χ4n) is 3.32. The maximum absolute atomic E-state index is 12.8. The van der Waals surface area contributed by atoms with Gasteiger partial charge < -0.3 is 22.1 Å². The fourth-order valence-corrected chi connectivity index (χ4v) is 3.32. The predicted octanol–water partition coefficient (Wildman–Crippen LogP) is 2.72. The Kier molecular flexibility index (Phi) is 8.24. The predicted molar refractivity (Wildman–Crippen MR) is 126 cm³/mol. The molecule has 2 amide bonds. The summed E-state index contributed by atoms with van der Waals surface area (Å²) in [5.41, 5.74) is 11.1. The number of rotatable bonds is 9. The number of nitrogens with two attached hydrogens (primary N) is 2. The van der Waals surface area contributed by atoms with Crippen LogP contribution in [-0.4, -0.2) is 35.3 Å². The van der Waals surface area contributed by atoms with E-state index in [1.807, 2.05) is 12.1 Å². The van der Waals surface area contributed by atoms with E-state index in [9.17, 15) is 22.8 Å². The molecule has 1 atom stereocenters. The van der Waals surface area contributed by atoms with E-state index in [-0.39, 0.29) is 31.2 Å². The van der Waals surface area contributed by atoms with Crippen molar-refractivity contribution in [3.8, 4) is 0 Å². The summed E-state index contributed by atoms with van der Waals surface area (Å²) in [5.74, 6) is -1.12. The van der Waals surface area contributed by atoms with Crippen LogP contribution in [0, 0.1) is 0 Å². The Morgan fingerprint density at radius 2 is 1.71 bits per heavy atom. The van der Waals surface area contributed by atoms with Crippen molar-refractivity contribution in [3.05, 3.63) is 77.5 Å². The van der Waals surface area contributed by atoms with Crippen molar-refractivity contribution in [2.45, 2.75) is 31.6 Å². The van der Waals surface area contributed by atoms with Gasteiger partial charge in [0, 0.05) is 18.5 Å². The van der Waals surface area contributed by atoms with Gasteiger partial charge in [-0.3, -0.25) is 14.6 Å². The number of amides is 2. The summed E-state index contributed by atoms with van der Waals surface area (Å²) < 4.78 is 38.2. The molecule has 6 N–H and O–H groups in total. The number of guanidine groups is 1. The molecule has 0 fully saturated rings. The van der Waals surface area contributed by atoms with Gasteiger partial charge in [-0.05, 0) is 42.7 Å². The molecule has 1 heterocycles. The molecule has 0 saturated heterocycles. The molecule has 0 aliphatic rings. The van der Waals surface area contributed by atoms with E-state index in [0.717, 1.165) is 17.5 Å². The summed E-state index contributed by atoms with van der Waals surface area (Å²) in [6, 6.07) is 14.2. The summed E-state index contributed by atoms with van der Waals surface area (Å²) in [5, 5.41) is 6.20. The Morgan fingerprint density at radius 3 is 2.40 bits per heavy atom. The monoisotopic (exact) mass is 486 g/mol. The highest BCUT2D eigenvalue weighted by Crippen LogP contribution is 2.29. The number of carbonyl (C=O) groups is 2. The molecular weight excluding hydrogens is 461 g/mol. The third-order valence-corrected chi connectivity index (χ3v) is 5.15. The summed E-state index contributed by atoms with van der Waals surface area (Å²) >= 11 is 0. The molecule has 0 spiro atoms. The van der Waals surface area contributed by atoms with E-state index in [2.05, 4.69) is 20.6 Å². The number of aliphatic imine (C=N–C) groups is 1. The van der Waals surface area contributed by atoms with Gasteiger partial charge in [-0.25, -0.2) is 4.98 Å². The zero-order chi connectivity index (χ0) is 25.4. The van der Waals surface area contributed by atoms with Gasteiger partial charge in [-0.1, -0.05) is 36.4 Å². The summed E-state index contributed by atoms with van der Waals surface area (Å²) in [4.78, 5) is 33.9. The topological polar surface area (TPSA) is 135 Å². The number of hydrogen-bond donors (Lipinski definition) is 4. The second kappa shape index (κ2) is 11.3. The molecule has 0 radical (unpaired) electrons. The van der Waals surface area contributed by atoms with Crippen molar-refractivity contribution < 1.29 is 22.8 Å². The SMILES string of the molecule is NC(N)=NCCC[C@@H](NC(=O)c1ccc2ccccc2n1)C(=O)NCc1ccc(C(F)(F)F)cc1. The normalized spacial score (nSPS) is 12.1. The molecule has 35 heavy (non-hydrogen) atoms. The number of carbonyl (C=O) groups excluding carboxylic acids is 2. The second-order valence-electron chi connectivity index (χ2n) is 7.78. The van der Waals surface area contributed by atoms with Gasteiger partial charge in [0.25, 0.3) is 5.91 Å². The van der Waals surface area contributed by atoms with E-state index in [1.165, 1.54) is 12.1 Å². The van der Waals surface area contributed by atoms with Gasteiger partial charge in [0.15, 0.2) is 5.96 Å². The highest BCUT2D eigenvalue weighted by molar-refractivity contribution is 5.97. The van der Waals surface area contributed by atoms with Crippen LogP contribution in [0.2, 0.25) is 0 Å². The number of benzene rings is 2. The lowest BCUT2D eigenvalue weighted by Crippen LogP contribution is -2.46. The van der Waals surface area contributed by atoms with Gasteiger partial charge in [0.05, 0.1) is 11.1 Å². The maximum atomic E-state index is 12.8. The number of pyridine rings is 1. The van der Waals surface area contributed by atoms with Crippen LogP contribution < -0.4 is 22.1 Å². The molecule has 11 heteroatoms. The number of para-hydroxylation sites is 1. The van der Waals surface area contributed by atoms with E-state index in [1.54, 1.807) is 24.3 Å². The zero-order valence-electron chi connectivity index (χ0n) is 18.7. The number of nitrogens with one attached hydrogen (secondary N) is 2. The molecule has 184 valence electrons. The van der Waals surface area contributed by atoms with Crippen LogP contribution in [0.5, 0.6) is 0 Å². The third kappa shape index (κ3) is 7.42. The van der Waals surface area contributed by atoms with Crippen molar-refractivity contribution >= 4 is 28.7 Å². The van der Waals surface area contributed by atoms with E-state index >= 15 is 0 Å². The Hall–Kier alpha value is -4.15. The Balaban J connectivity index is 1.68. The zero-order valence-corrected chi connectivity index (χ0v) is 18.7. The maximum Gasteiger partial charge on any atom is 0.416 e. The van der Waals surface area contributed by atoms with Crippen LogP contribution in [0.4, 0.5) is 13.2 Å². The summed E-state index contributed by atoms with van der Waals surface area (Å²) in [7, 11) is 0. The minimum atomic E-state index is -4.44. The molecule has 2 aromatic carbocycles. The molecule has 0 unspecified atom stereocenters. The van der Waals surface area contributed by atoms with Crippen LogP contribution in [-0.2, 0) is 17.5 Å². The van der Waals surface area contributed by atoms with E-state index in [0.29, 0.717) is 17.5 Å². The van der Waals surface area contributed by atoms with Crippen molar-refractivity contribution in [2.24, 2.45) is 16.5 Å². The van der Waals surface area contributed by atoms with Crippen molar-refractivity contribution in [3.63, 3.8) is 0 Å². The van der Waals surface area contributed by atoms with Gasteiger partial charge in [0.1, 0.15) is 11.7 Å². The number of fused-ring (bicyclic) bond motifs is 1. The highest BCUT2D eigenvalue weighted by atomic mass is 19.4. The Labute approximate surface area is 199 Å². The van der Waals surface area contributed by atoms with E-state index in [4.69, 9.17) is 11.5 Å². The number of alkyl halides is 3. The first-order chi connectivity index (χ1) is 16.6. The summed E-state index contributed by atoms with van der Waals surface area (Å²) in [6.07, 6.45) is -3.81. The van der Waals surface area contributed by atoms with Crippen molar-refractivity contribution in [2.75, 3.05) is 6.54 Å². The first-order valence-electron chi connectivity index (χ1n) is 10.8. The standard InChI is InChI=1S/C24H25F3N6O2/c25-24(26,27)17-10-7-15(8-11-17)14-31-21(34)19(6-3-13-30-23(28)29)33-22(35)20-12-9-16-4-1-2-5-18(16)32-20/h1-2,4-5,7-12,19H,3,6,13-14H2,(H,31,34)(H,33,35)(H4,28,29,30)/t19-/m1/s1. The van der Waals surface area contributed by atoms with Crippen LogP contribution in [0.1, 0.15) is 34.5 Å². The highest BCUT2D eigenvalue weighted by Gasteiger charge is 2.30. The molecular formula is C24H25F3N6O2.